The van der Waals surface area contributed by atoms with Gasteiger partial charge in [0, 0.05) is 0 Å². The monoisotopic (exact) mass is 305 g/mol. The molecule has 0 aromatic rings. The van der Waals surface area contributed by atoms with Crippen LogP contribution in [0, 0.1) is 0 Å². The van der Waals surface area contributed by atoms with Gasteiger partial charge in [-0.1, -0.05) is 0 Å². The van der Waals surface area contributed by atoms with Gasteiger partial charge in [0.1, 0.15) is 0 Å². The summed E-state index contributed by atoms with van der Waals surface area (Å²) < 4.78 is 9.61. The van der Waals surface area contributed by atoms with Crippen molar-refractivity contribution >= 4 is 28.3 Å². The van der Waals surface area contributed by atoms with E-state index in [0.29, 0.717) is 0 Å². The van der Waals surface area contributed by atoms with Crippen LogP contribution in [0.1, 0.15) is 0 Å². The molecule has 0 aliphatic heterocycles. The molecule has 0 spiro atoms. The van der Waals surface area contributed by atoms with E-state index in [9.17, 15) is 3.40 Å². The van der Waals surface area contributed by atoms with Crippen molar-refractivity contribution in [3.8, 4) is 0 Å². The topological polar surface area (TPSA) is 17.1 Å². The van der Waals surface area contributed by atoms with Crippen LogP contribution in [0.5, 0.6) is 0 Å². The average Bonchev–Trinajstić information content (AvgIpc) is 0.722. The van der Waals surface area contributed by atoms with Gasteiger partial charge in [-0.3, -0.25) is 0 Å². The summed E-state index contributed by atoms with van der Waals surface area (Å²) in [7, 11) is 14.1. The van der Waals surface area contributed by atoms with Gasteiger partial charge in [0.15, 0.2) is 0 Å². The molecule has 0 heterocycles. The third-order valence-electron chi connectivity index (χ3n) is 0. The van der Waals surface area contributed by atoms with Crippen LogP contribution < -0.4 is 0 Å². The van der Waals surface area contributed by atoms with Gasteiger partial charge in [-0.15, -0.1) is 0 Å². The van der Waals surface area contributed by atoms with Gasteiger partial charge in [-0.25, -0.2) is 0 Å². The summed E-state index contributed by atoms with van der Waals surface area (Å²) in [4.78, 5) is 0. The second-order valence-electron chi connectivity index (χ2n) is 0.364. The second-order valence-corrected chi connectivity index (χ2v) is 17.5. The Bertz CT molecular complexity index is 53.0. The minimum absolute atomic E-state index is 4.00. The molecule has 0 aromatic carbocycles. The Morgan fingerprint density at radius 1 is 1.20 bits per heavy atom. The molecule has 0 aromatic heterocycles. The normalized spacial score (nSPS) is 11.8. The average molecular weight is 306 g/mol. The third kappa shape index (κ3) is 32.8. The van der Waals surface area contributed by atoms with Crippen LogP contribution in [0.4, 0.5) is 0 Å². The molecule has 0 N–H and O–H groups in total. The predicted octanol–water partition coefficient (Wildman–Crippen LogP) is 1.95. The van der Waals surface area contributed by atoms with Gasteiger partial charge in [0.2, 0.25) is 0 Å². The molecule has 0 bridgehead atoms. The van der Waals surface area contributed by atoms with Crippen LogP contribution in [0.2, 0.25) is 0 Å². The molecule has 0 radical (unpaired) electrons. The van der Waals surface area contributed by atoms with E-state index in [2.05, 4.69) is 0 Å². The number of halogens is 3. The Hall–Kier alpha value is 1.36. The van der Waals surface area contributed by atoms with Crippen molar-refractivity contribution in [3.63, 3.8) is 0 Å². The van der Waals surface area contributed by atoms with E-state index in [-0.39, 0.29) is 0 Å². The standard InChI is InChI=1S/3ClH.O.W/h3*1H;;/q;;;;+3/p-3. The van der Waals surface area contributed by atoms with Crippen molar-refractivity contribution in [2.24, 2.45) is 0 Å². The van der Waals surface area contributed by atoms with Gasteiger partial charge in [-0.2, -0.15) is 0 Å². The zero-order valence-corrected chi connectivity index (χ0v) is 7.15. The Kier molecular flexibility index (Phi) is 2.39. The van der Waals surface area contributed by atoms with Crippen molar-refractivity contribution in [1.29, 1.82) is 0 Å². The zero-order chi connectivity index (χ0) is 4.50. The first kappa shape index (κ1) is 6.36. The third-order valence-corrected chi connectivity index (χ3v) is 0. The van der Waals surface area contributed by atoms with Crippen LogP contribution in [0.15, 0.2) is 0 Å². The maximum atomic E-state index is 9.61. The van der Waals surface area contributed by atoms with Crippen LogP contribution >= 0.6 is 28.3 Å². The van der Waals surface area contributed by atoms with Crippen molar-refractivity contribution in [3.05, 3.63) is 0 Å². The molecule has 5 heavy (non-hydrogen) atoms. The summed E-state index contributed by atoms with van der Waals surface area (Å²) in [6.07, 6.45) is 0. The fourth-order valence-electron chi connectivity index (χ4n) is 0. The van der Waals surface area contributed by atoms with Gasteiger partial charge >= 0.3 is 44.6 Å². The van der Waals surface area contributed by atoms with Gasteiger partial charge in [-0.05, 0) is 0 Å². The van der Waals surface area contributed by atoms with Crippen molar-refractivity contribution in [2.45, 2.75) is 0 Å². The Morgan fingerprint density at radius 2 is 1.20 bits per heavy atom. The minimum atomic E-state index is -4.00. The van der Waals surface area contributed by atoms with E-state index in [0.717, 1.165) is 0 Å². The summed E-state index contributed by atoms with van der Waals surface area (Å²) in [6, 6.07) is 0. The Balaban J connectivity index is 3.47. The van der Waals surface area contributed by atoms with E-state index < -0.39 is 12.9 Å². The summed E-state index contributed by atoms with van der Waals surface area (Å²) >= 11 is -4.00. The molecule has 0 amide bonds. The zero-order valence-electron chi connectivity index (χ0n) is 1.95. The number of rotatable bonds is 0. The van der Waals surface area contributed by atoms with Gasteiger partial charge in [0.05, 0.1) is 0 Å². The van der Waals surface area contributed by atoms with Crippen LogP contribution in [0.25, 0.3) is 0 Å². The van der Waals surface area contributed by atoms with Crippen molar-refractivity contribution in [2.75, 3.05) is 0 Å². The molecule has 0 unspecified atom stereocenters. The second kappa shape index (κ2) is 1.88. The molecule has 33 valence electrons. The Labute approximate surface area is 44.5 Å². The fraction of sp³-hybridized carbons (Fsp3) is 0. The first-order valence-electron chi connectivity index (χ1n) is 0.630. The summed E-state index contributed by atoms with van der Waals surface area (Å²) in [5, 5.41) is 0. The van der Waals surface area contributed by atoms with Crippen molar-refractivity contribution < 1.29 is 16.3 Å². The van der Waals surface area contributed by atoms with Crippen LogP contribution in [-0.4, -0.2) is 0 Å². The summed E-state index contributed by atoms with van der Waals surface area (Å²) in [5.41, 5.74) is 0. The maximum absolute atomic E-state index is 9.61. The molecule has 0 aliphatic rings. The van der Waals surface area contributed by atoms with E-state index in [1.54, 1.807) is 0 Å². The van der Waals surface area contributed by atoms with Gasteiger partial charge < -0.3 is 0 Å². The predicted molar refractivity (Wildman–Crippen MR) is 18.2 cm³/mol. The first-order valence-corrected chi connectivity index (χ1v) is 12.7. The Morgan fingerprint density at radius 3 is 1.20 bits per heavy atom. The summed E-state index contributed by atoms with van der Waals surface area (Å²) in [5.74, 6) is 0. The molecule has 0 saturated heterocycles. The molecular formula is Cl3OW. The molecule has 0 saturated carbocycles. The van der Waals surface area contributed by atoms with E-state index in [1.807, 2.05) is 0 Å². The van der Waals surface area contributed by atoms with E-state index in [4.69, 9.17) is 28.3 Å². The van der Waals surface area contributed by atoms with Gasteiger partial charge in [0.25, 0.3) is 0 Å². The molecule has 0 aliphatic carbocycles. The molecule has 0 rings (SSSR count). The molecule has 5 heteroatoms. The number of hydrogen-bond acceptors (Lipinski definition) is 1. The molecule has 1 nitrogen and oxygen atoms in total. The molecular weight excluding hydrogens is 306 g/mol. The quantitative estimate of drug-likeness (QED) is 0.668. The van der Waals surface area contributed by atoms with Crippen LogP contribution in [0.3, 0.4) is 0 Å². The van der Waals surface area contributed by atoms with E-state index in [1.165, 1.54) is 0 Å². The first-order chi connectivity index (χ1) is 2.00. The molecule has 0 fully saturated rings. The SMILES string of the molecule is [O]=[W]([Cl])([Cl])[Cl]. The summed E-state index contributed by atoms with van der Waals surface area (Å²) in [6.45, 7) is 0. The molecule has 0 atom stereocenters. The van der Waals surface area contributed by atoms with Crippen molar-refractivity contribution in [1.82, 2.24) is 0 Å². The number of hydrogen-bond donors (Lipinski definition) is 0. The van der Waals surface area contributed by atoms with Crippen LogP contribution in [-0.2, 0) is 16.3 Å². The fourth-order valence-corrected chi connectivity index (χ4v) is 0. The van der Waals surface area contributed by atoms with E-state index >= 15 is 0 Å².